The van der Waals surface area contributed by atoms with E-state index < -0.39 is 29.2 Å². The molecule has 0 heterocycles. The third-order valence-corrected chi connectivity index (χ3v) is 3.71. The molecule has 2 amide bonds. The first-order chi connectivity index (χ1) is 14.2. The van der Waals surface area contributed by atoms with Crippen molar-refractivity contribution in [3.8, 4) is 0 Å². The molecule has 8 heteroatoms. The van der Waals surface area contributed by atoms with E-state index in [4.69, 9.17) is 14.9 Å². The Morgan fingerprint density at radius 3 is 1.81 bits per heavy atom. The second kappa shape index (κ2) is 9.16. The maximum Gasteiger partial charge on any atom is 0.412 e. The molecule has 2 aromatic carbocycles. The largest absolute Gasteiger partial charge is 0.444 e. The molecule has 31 heavy (non-hydrogen) atoms. The number of carbonyl (C=O) groups excluding carboxylic acids is 2. The molecule has 0 bridgehead atoms. The molecule has 0 aliphatic carbocycles. The molecule has 0 saturated carbocycles. The zero-order chi connectivity index (χ0) is 23.4. The number of hydrogen-bond acceptors (Lipinski definition) is 5. The molecule has 166 valence electrons. The number of ether oxygens (including phenoxy) is 2. The lowest BCUT2D eigenvalue weighted by molar-refractivity contribution is 0.0623. The minimum Gasteiger partial charge on any atom is -0.444 e. The number of benzene rings is 2. The number of halogens is 1. The van der Waals surface area contributed by atoms with Crippen molar-refractivity contribution < 1.29 is 23.5 Å². The number of hydrogen-bond donors (Lipinski definition) is 3. The van der Waals surface area contributed by atoms with E-state index in [0.29, 0.717) is 5.56 Å². The van der Waals surface area contributed by atoms with Crippen molar-refractivity contribution in [2.24, 2.45) is 0 Å². The van der Waals surface area contributed by atoms with Crippen LogP contribution in [0.15, 0.2) is 42.5 Å². The van der Waals surface area contributed by atoms with Crippen LogP contribution in [0.1, 0.15) is 52.7 Å². The summed E-state index contributed by atoms with van der Waals surface area (Å²) in [6.45, 7) is 10.2. The standard InChI is InChI=1S/C23H28FN3O4/c1-22(2,3)30-20(28)26-17-13-16(24)18(27-21(29)31-23(4,5)6)12-15(17)19(25)14-10-8-7-9-11-14/h7-13,25H,1-6H3,(H,26,28)(H,27,29). The molecule has 0 fully saturated rings. The van der Waals surface area contributed by atoms with Gasteiger partial charge in [-0.15, -0.1) is 0 Å². The summed E-state index contributed by atoms with van der Waals surface area (Å²) in [7, 11) is 0. The first-order valence-electron chi connectivity index (χ1n) is 9.73. The summed E-state index contributed by atoms with van der Waals surface area (Å²) >= 11 is 0. The second-order valence-electron chi connectivity index (χ2n) is 8.87. The van der Waals surface area contributed by atoms with E-state index in [1.165, 1.54) is 6.07 Å². The van der Waals surface area contributed by atoms with Crippen LogP contribution in [0.25, 0.3) is 0 Å². The Morgan fingerprint density at radius 2 is 1.32 bits per heavy atom. The lowest BCUT2D eigenvalue weighted by Crippen LogP contribution is -2.28. The first-order valence-corrected chi connectivity index (χ1v) is 9.73. The minimum absolute atomic E-state index is 0.0268. The Bertz CT molecular complexity index is 977. The smallest absolute Gasteiger partial charge is 0.412 e. The van der Waals surface area contributed by atoms with Gasteiger partial charge in [-0.2, -0.15) is 0 Å². The number of nitrogens with one attached hydrogen (secondary N) is 3. The normalized spacial score (nSPS) is 11.5. The second-order valence-corrected chi connectivity index (χ2v) is 8.87. The van der Waals surface area contributed by atoms with Gasteiger partial charge in [0.1, 0.15) is 17.0 Å². The van der Waals surface area contributed by atoms with E-state index >= 15 is 0 Å². The van der Waals surface area contributed by atoms with Crippen molar-refractivity contribution in [2.75, 3.05) is 10.6 Å². The highest BCUT2D eigenvalue weighted by Gasteiger charge is 2.22. The highest BCUT2D eigenvalue weighted by Crippen LogP contribution is 2.28. The van der Waals surface area contributed by atoms with Gasteiger partial charge in [0.2, 0.25) is 0 Å². The van der Waals surface area contributed by atoms with Crippen molar-refractivity contribution in [3.05, 3.63) is 59.4 Å². The predicted molar refractivity (Wildman–Crippen MR) is 118 cm³/mol. The predicted octanol–water partition coefficient (Wildman–Crippen LogP) is 5.94. The number of anilines is 2. The maximum absolute atomic E-state index is 14.7. The van der Waals surface area contributed by atoms with Crippen LogP contribution < -0.4 is 10.6 Å². The van der Waals surface area contributed by atoms with Crippen molar-refractivity contribution >= 4 is 29.3 Å². The van der Waals surface area contributed by atoms with E-state index in [1.54, 1.807) is 71.9 Å². The molecule has 0 spiro atoms. The molecule has 0 unspecified atom stereocenters. The molecule has 0 radical (unpaired) electrons. The Hall–Kier alpha value is -3.42. The van der Waals surface area contributed by atoms with Gasteiger partial charge in [0.15, 0.2) is 0 Å². The summed E-state index contributed by atoms with van der Waals surface area (Å²) in [5, 5.41) is 13.4. The number of amides is 2. The van der Waals surface area contributed by atoms with E-state index in [9.17, 15) is 14.0 Å². The topological polar surface area (TPSA) is 101 Å². The number of carbonyl (C=O) groups is 2. The summed E-state index contributed by atoms with van der Waals surface area (Å²) < 4.78 is 25.2. The molecule has 0 aliphatic rings. The lowest BCUT2D eigenvalue weighted by atomic mass is 10.00. The summed E-state index contributed by atoms with van der Waals surface area (Å²) in [6.07, 6.45) is -1.63. The fraction of sp³-hybridized carbons (Fsp3) is 0.348. The molecule has 3 N–H and O–H groups in total. The number of rotatable bonds is 4. The molecule has 0 aliphatic heterocycles. The highest BCUT2D eigenvalue weighted by atomic mass is 19.1. The van der Waals surface area contributed by atoms with Gasteiger partial charge in [0, 0.05) is 17.2 Å². The van der Waals surface area contributed by atoms with Gasteiger partial charge < -0.3 is 9.47 Å². The third kappa shape index (κ3) is 7.40. The van der Waals surface area contributed by atoms with Crippen LogP contribution in [0.3, 0.4) is 0 Å². The monoisotopic (exact) mass is 429 g/mol. The van der Waals surface area contributed by atoms with E-state index in [-0.39, 0.29) is 22.6 Å². The van der Waals surface area contributed by atoms with Gasteiger partial charge in [-0.25, -0.2) is 14.0 Å². The zero-order valence-electron chi connectivity index (χ0n) is 18.6. The average molecular weight is 429 g/mol. The Labute approximate surface area is 181 Å². The van der Waals surface area contributed by atoms with Crippen LogP contribution >= 0.6 is 0 Å². The van der Waals surface area contributed by atoms with Crippen LogP contribution in [0.4, 0.5) is 25.4 Å². The Kier molecular flexibility index (Phi) is 7.05. The third-order valence-electron chi connectivity index (χ3n) is 3.71. The van der Waals surface area contributed by atoms with Crippen molar-refractivity contribution in [1.82, 2.24) is 0 Å². The Morgan fingerprint density at radius 1 is 0.839 bits per heavy atom. The van der Waals surface area contributed by atoms with Gasteiger partial charge in [-0.3, -0.25) is 16.0 Å². The van der Waals surface area contributed by atoms with Gasteiger partial charge in [0.05, 0.1) is 17.1 Å². The van der Waals surface area contributed by atoms with Gasteiger partial charge in [-0.1, -0.05) is 30.3 Å². The SMILES string of the molecule is CC(C)(C)OC(=O)Nc1cc(C(=N)c2ccccc2)c(NC(=O)OC(C)(C)C)cc1F. The molecule has 7 nitrogen and oxygen atoms in total. The maximum atomic E-state index is 14.7. The summed E-state index contributed by atoms with van der Waals surface area (Å²) in [4.78, 5) is 24.4. The fourth-order valence-electron chi connectivity index (χ4n) is 2.57. The molecular weight excluding hydrogens is 401 g/mol. The van der Waals surface area contributed by atoms with Crippen molar-refractivity contribution in [3.63, 3.8) is 0 Å². The minimum atomic E-state index is -0.837. The first kappa shape index (κ1) is 23.9. The van der Waals surface area contributed by atoms with Crippen LogP contribution in [0.2, 0.25) is 0 Å². The van der Waals surface area contributed by atoms with E-state index in [0.717, 1.165) is 6.07 Å². The van der Waals surface area contributed by atoms with Crippen LogP contribution in [-0.4, -0.2) is 29.1 Å². The van der Waals surface area contributed by atoms with Crippen LogP contribution in [0, 0.1) is 11.2 Å². The molecule has 2 aromatic rings. The highest BCUT2D eigenvalue weighted by molar-refractivity contribution is 6.15. The van der Waals surface area contributed by atoms with Crippen LogP contribution in [-0.2, 0) is 9.47 Å². The molecule has 0 aromatic heterocycles. The summed E-state index contributed by atoms with van der Waals surface area (Å²) in [5.74, 6) is -0.804. The quantitative estimate of drug-likeness (QED) is 0.524. The summed E-state index contributed by atoms with van der Waals surface area (Å²) in [5.41, 5.74) is -0.894. The van der Waals surface area contributed by atoms with Crippen LogP contribution in [0.5, 0.6) is 0 Å². The van der Waals surface area contributed by atoms with E-state index in [2.05, 4.69) is 10.6 Å². The van der Waals surface area contributed by atoms with Crippen molar-refractivity contribution in [2.45, 2.75) is 52.7 Å². The molecule has 0 saturated heterocycles. The molecule has 2 rings (SSSR count). The summed E-state index contributed by atoms with van der Waals surface area (Å²) in [6, 6.07) is 11.1. The lowest BCUT2D eigenvalue weighted by Gasteiger charge is -2.22. The van der Waals surface area contributed by atoms with Gasteiger partial charge in [-0.05, 0) is 47.6 Å². The molecule has 0 atom stereocenters. The molecular formula is C23H28FN3O4. The van der Waals surface area contributed by atoms with E-state index in [1.807, 2.05) is 0 Å². The zero-order valence-corrected chi connectivity index (χ0v) is 18.6. The van der Waals surface area contributed by atoms with Gasteiger partial charge in [0.25, 0.3) is 0 Å². The fourth-order valence-corrected chi connectivity index (χ4v) is 2.57. The van der Waals surface area contributed by atoms with Gasteiger partial charge >= 0.3 is 12.2 Å². The Balaban J connectivity index is 2.44. The average Bonchev–Trinajstić information content (AvgIpc) is 2.61. The van der Waals surface area contributed by atoms with Crippen molar-refractivity contribution in [1.29, 1.82) is 5.41 Å².